The summed E-state index contributed by atoms with van der Waals surface area (Å²) in [6.45, 7) is 0. The summed E-state index contributed by atoms with van der Waals surface area (Å²) in [6, 6.07) is 5.40. The highest BCUT2D eigenvalue weighted by Crippen LogP contribution is 2.32. The van der Waals surface area contributed by atoms with E-state index in [4.69, 9.17) is 0 Å². The number of nitrogens with zero attached hydrogens (tertiary/aromatic N) is 2. The van der Waals surface area contributed by atoms with Gasteiger partial charge in [0.2, 0.25) is 0 Å². The normalized spacial score (nSPS) is 16.8. The van der Waals surface area contributed by atoms with E-state index in [1.807, 2.05) is 12.1 Å². The van der Waals surface area contributed by atoms with Crippen LogP contribution in [0, 0.1) is 0 Å². The van der Waals surface area contributed by atoms with Gasteiger partial charge < -0.3 is 10.4 Å². The molecule has 1 aliphatic rings. The van der Waals surface area contributed by atoms with Crippen LogP contribution >= 0.6 is 0 Å². The van der Waals surface area contributed by atoms with Crippen LogP contribution in [0.1, 0.15) is 29.6 Å². The molecule has 0 aliphatic heterocycles. The molecule has 3 rings (SSSR count). The first kappa shape index (κ1) is 11.7. The lowest BCUT2D eigenvalue weighted by Crippen LogP contribution is -2.59. The van der Waals surface area contributed by atoms with Gasteiger partial charge in [0, 0.05) is 6.20 Å². The summed E-state index contributed by atoms with van der Waals surface area (Å²) in [5, 5.41) is 15.9. The predicted octanol–water partition coefficient (Wildman–Crippen LogP) is 1.07. The van der Waals surface area contributed by atoms with Gasteiger partial charge in [-0.15, -0.1) is 0 Å². The zero-order valence-electron chi connectivity index (χ0n) is 10.2. The van der Waals surface area contributed by atoms with Crippen molar-refractivity contribution in [3.8, 4) is 0 Å². The molecule has 1 aliphatic carbocycles. The van der Waals surface area contributed by atoms with Crippen molar-refractivity contribution in [1.29, 1.82) is 0 Å². The summed E-state index contributed by atoms with van der Waals surface area (Å²) < 4.78 is 1.59. The van der Waals surface area contributed by atoms with Crippen LogP contribution in [0.4, 0.5) is 0 Å². The Hall–Kier alpha value is -2.37. The highest BCUT2D eigenvalue weighted by atomic mass is 16.4. The van der Waals surface area contributed by atoms with Crippen LogP contribution in [0.3, 0.4) is 0 Å². The summed E-state index contributed by atoms with van der Waals surface area (Å²) in [7, 11) is 0. The standard InChI is InChI=1S/C13H13N3O3/c17-11(15-13(12(18)19)5-3-6-13)9-8-14-16-7-2-1-4-10(9)16/h1-2,4,7-8H,3,5-6H2,(H,15,17)(H,18,19). The van der Waals surface area contributed by atoms with Crippen molar-refractivity contribution in [3.63, 3.8) is 0 Å². The van der Waals surface area contributed by atoms with Crippen LogP contribution in [0.25, 0.3) is 5.52 Å². The highest BCUT2D eigenvalue weighted by Gasteiger charge is 2.46. The van der Waals surface area contributed by atoms with Crippen molar-refractivity contribution in [2.45, 2.75) is 24.8 Å². The third kappa shape index (κ3) is 1.76. The van der Waals surface area contributed by atoms with Gasteiger partial charge in [-0.3, -0.25) is 4.79 Å². The van der Waals surface area contributed by atoms with Crippen molar-refractivity contribution in [3.05, 3.63) is 36.2 Å². The van der Waals surface area contributed by atoms with Crippen LogP contribution in [0.15, 0.2) is 30.6 Å². The lowest BCUT2D eigenvalue weighted by molar-refractivity contribution is -0.148. The first-order chi connectivity index (χ1) is 9.12. The van der Waals surface area contributed by atoms with Crippen LogP contribution in [-0.2, 0) is 4.79 Å². The Morgan fingerprint density at radius 3 is 2.79 bits per heavy atom. The lowest BCUT2D eigenvalue weighted by atomic mass is 9.76. The van der Waals surface area contributed by atoms with Crippen LogP contribution in [-0.4, -0.2) is 32.1 Å². The average Bonchev–Trinajstić information content (AvgIpc) is 2.77. The zero-order valence-corrected chi connectivity index (χ0v) is 10.2. The van der Waals surface area contributed by atoms with E-state index in [2.05, 4.69) is 10.4 Å². The number of nitrogens with one attached hydrogen (secondary N) is 1. The van der Waals surface area contributed by atoms with Crippen molar-refractivity contribution < 1.29 is 14.7 Å². The molecule has 98 valence electrons. The molecule has 1 amide bonds. The average molecular weight is 259 g/mol. The smallest absolute Gasteiger partial charge is 0.329 e. The molecule has 0 unspecified atom stereocenters. The van der Waals surface area contributed by atoms with E-state index in [1.165, 1.54) is 6.20 Å². The minimum absolute atomic E-state index is 0.386. The van der Waals surface area contributed by atoms with Crippen LogP contribution < -0.4 is 5.32 Å². The molecule has 0 atom stereocenters. The molecule has 1 fully saturated rings. The van der Waals surface area contributed by atoms with Gasteiger partial charge in [0.25, 0.3) is 5.91 Å². The topological polar surface area (TPSA) is 83.7 Å². The molecule has 0 radical (unpaired) electrons. The summed E-state index contributed by atoms with van der Waals surface area (Å²) >= 11 is 0. The number of hydrogen-bond acceptors (Lipinski definition) is 3. The van der Waals surface area contributed by atoms with Gasteiger partial charge in [-0.1, -0.05) is 6.07 Å². The number of aliphatic carboxylic acids is 1. The minimum atomic E-state index is -1.10. The molecule has 2 aromatic heterocycles. The lowest BCUT2D eigenvalue weighted by Gasteiger charge is -2.38. The van der Waals surface area contributed by atoms with E-state index in [9.17, 15) is 14.7 Å². The number of hydrogen-bond donors (Lipinski definition) is 2. The molecule has 1 saturated carbocycles. The van der Waals surface area contributed by atoms with E-state index in [0.29, 0.717) is 23.9 Å². The van der Waals surface area contributed by atoms with Crippen molar-refractivity contribution in [2.24, 2.45) is 0 Å². The molecule has 2 N–H and O–H groups in total. The number of fused-ring (bicyclic) bond motifs is 1. The fourth-order valence-corrected chi connectivity index (χ4v) is 2.32. The van der Waals surface area contributed by atoms with Gasteiger partial charge in [0.05, 0.1) is 17.3 Å². The third-order valence-corrected chi connectivity index (χ3v) is 3.64. The second-order valence-electron chi connectivity index (χ2n) is 4.78. The second-order valence-corrected chi connectivity index (χ2v) is 4.78. The number of amides is 1. The van der Waals surface area contributed by atoms with Gasteiger partial charge in [0.1, 0.15) is 5.54 Å². The van der Waals surface area contributed by atoms with Crippen molar-refractivity contribution >= 4 is 17.4 Å². The van der Waals surface area contributed by atoms with Crippen molar-refractivity contribution in [2.75, 3.05) is 0 Å². The van der Waals surface area contributed by atoms with E-state index in [0.717, 1.165) is 6.42 Å². The summed E-state index contributed by atoms with van der Waals surface area (Å²) in [6.07, 6.45) is 4.98. The van der Waals surface area contributed by atoms with Gasteiger partial charge in [0.15, 0.2) is 0 Å². The maximum absolute atomic E-state index is 12.2. The Kier molecular flexibility index (Phi) is 2.51. The molecular weight excluding hydrogens is 246 g/mol. The van der Waals surface area contributed by atoms with Crippen molar-refractivity contribution in [1.82, 2.24) is 14.9 Å². The molecule has 0 bridgehead atoms. The monoisotopic (exact) mass is 259 g/mol. The van der Waals surface area contributed by atoms with E-state index < -0.39 is 11.5 Å². The molecular formula is C13H13N3O3. The first-order valence-corrected chi connectivity index (χ1v) is 6.11. The second kappa shape index (κ2) is 4.08. The Balaban J connectivity index is 1.90. The van der Waals surface area contributed by atoms with Gasteiger partial charge in [-0.2, -0.15) is 5.10 Å². The van der Waals surface area contributed by atoms with E-state index >= 15 is 0 Å². The zero-order chi connectivity index (χ0) is 13.5. The number of rotatable bonds is 3. The van der Waals surface area contributed by atoms with Crippen LogP contribution in [0.5, 0.6) is 0 Å². The molecule has 2 aromatic rings. The maximum atomic E-state index is 12.2. The Morgan fingerprint density at radius 1 is 1.37 bits per heavy atom. The number of pyridine rings is 1. The predicted molar refractivity (Wildman–Crippen MR) is 66.9 cm³/mol. The molecule has 19 heavy (non-hydrogen) atoms. The molecule has 0 spiro atoms. The maximum Gasteiger partial charge on any atom is 0.329 e. The number of carboxylic acids is 1. The summed E-state index contributed by atoms with van der Waals surface area (Å²) in [5.74, 6) is -1.35. The largest absolute Gasteiger partial charge is 0.480 e. The number of carbonyl (C=O) groups is 2. The molecule has 0 saturated heterocycles. The number of aromatic nitrogens is 2. The van der Waals surface area contributed by atoms with Gasteiger partial charge >= 0.3 is 5.97 Å². The summed E-state index contributed by atoms with van der Waals surface area (Å²) in [4.78, 5) is 23.4. The number of carbonyl (C=O) groups excluding carboxylic acids is 1. The summed E-state index contributed by atoms with van der Waals surface area (Å²) in [5.41, 5.74) is -0.0341. The Labute approximate surface area is 109 Å². The van der Waals surface area contributed by atoms with E-state index in [-0.39, 0.29) is 5.91 Å². The molecule has 0 aromatic carbocycles. The fourth-order valence-electron chi connectivity index (χ4n) is 2.32. The Morgan fingerprint density at radius 2 is 2.16 bits per heavy atom. The molecule has 6 nitrogen and oxygen atoms in total. The number of carboxylic acid groups (broad SMARTS) is 1. The SMILES string of the molecule is O=C(NC1(C(=O)O)CCC1)c1cnn2ccccc12. The van der Waals surface area contributed by atoms with E-state index in [1.54, 1.807) is 16.8 Å². The quantitative estimate of drug-likeness (QED) is 0.863. The fraction of sp³-hybridized carbons (Fsp3) is 0.308. The molecule has 2 heterocycles. The third-order valence-electron chi connectivity index (χ3n) is 3.64. The van der Waals surface area contributed by atoms with Gasteiger partial charge in [-0.05, 0) is 31.4 Å². The van der Waals surface area contributed by atoms with Crippen LogP contribution in [0.2, 0.25) is 0 Å². The molecule has 6 heteroatoms. The minimum Gasteiger partial charge on any atom is -0.480 e. The first-order valence-electron chi connectivity index (χ1n) is 6.11. The van der Waals surface area contributed by atoms with Gasteiger partial charge in [-0.25, -0.2) is 9.31 Å². The highest BCUT2D eigenvalue weighted by molar-refractivity contribution is 6.03. The Bertz CT molecular complexity index is 658.